The van der Waals surface area contributed by atoms with Gasteiger partial charge in [-0.25, -0.2) is 5.84 Å². The number of likely N-dealkylation sites (N-methyl/N-ethyl adjacent to an activating group) is 1. The van der Waals surface area contributed by atoms with Crippen molar-refractivity contribution in [1.82, 2.24) is 15.4 Å². The number of nitrogens with two attached hydrogens (primary N) is 1. The lowest BCUT2D eigenvalue weighted by Crippen LogP contribution is -2.51. The Morgan fingerprint density at radius 1 is 0.968 bits per heavy atom. The molecule has 164 valence electrons. The van der Waals surface area contributed by atoms with Crippen LogP contribution >= 0.6 is 0 Å². The van der Waals surface area contributed by atoms with E-state index in [1.54, 1.807) is 48.5 Å². The third kappa shape index (κ3) is 5.97. The van der Waals surface area contributed by atoms with E-state index in [0.717, 1.165) is 16.0 Å². The first-order valence-electron chi connectivity index (χ1n) is 9.47. The van der Waals surface area contributed by atoms with Gasteiger partial charge in [0.25, 0.3) is 17.7 Å². The molecule has 0 heterocycles. The number of aldehydes is 1. The lowest BCUT2D eigenvalue weighted by atomic mass is 10.0. The highest BCUT2D eigenvalue weighted by atomic mass is 16.5. The van der Waals surface area contributed by atoms with Crippen LogP contribution in [0.3, 0.4) is 0 Å². The molecular weight excluding hydrogens is 400 g/mol. The van der Waals surface area contributed by atoms with E-state index >= 15 is 0 Å². The molecule has 31 heavy (non-hydrogen) atoms. The SMILES string of the molecule is CN(C(=O)c1ccc(-c2ccc(C(=O)NC(C)(C)C)cc2)cc1)C(C=O)C(=O)N(N)O. The second kappa shape index (κ2) is 9.50. The molecule has 0 aliphatic rings. The summed E-state index contributed by atoms with van der Waals surface area (Å²) in [7, 11) is 1.26. The first kappa shape index (κ1) is 23.7. The third-order valence-corrected chi connectivity index (χ3v) is 4.45. The van der Waals surface area contributed by atoms with Crippen LogP contribution in [-0.4, -0.2) is 57.9 Å². The van der Waals surface area contributed by atoms with E-state index in [1.807, 2.05) is 20.8 Å². The Morgan fingerprint density at radius 2 is 1.42 bits per heavy atom. The third-order valence-electron chi connectivity index (χ3n) is 4.45. The van der Waals surface area contributed by atoms with Crippen LogP contribution in [0.15, 0.2) is 48.5 Å². The smallest absolute Gasteiger partial charge is 0.291 e. The van der Waals surface area contributed by atoms with Crippen molar-refractivity contribution in [2.45, 2.75) is 32.4 Å². The molecule has 2 aromatic carbocycles. The van der Waals surface area contributed by atoms with Gasteiger partial charge in [-0.1, -0.05) is 24.3 Å². The van der Waals surface area contributed by atoms with Gasteiger partial charge in [0.05, 0.1) is 0 Å². The van der Waals surface area contributed by atoms with Gasteiger partial charge in [-0.05, 0) is 56.2 Å². The van der Waals surface area contributed by atoms with E-state index < -0.39 is 17.9 Å². The van der Waals surface area contributed by atoms with Crippen molar-refractivity contribution < 1.29 is 24.4 Å². The van der Waals surface area contributed by atoms with Crippen molar-refractivity contribution in [3.63, 3.8) is 0 Å². The molecule has 0 fully saturated rings. The van der Waals surface area contributed by atoms with Crippen molar-refractivity contribution in [1.29, 1.82) is 0 Å². The zero-order valence-electron chi connectivity index (χ0n) is 17.8. The molecule has 0 spiro atoms. The van der Waals surface area contributed by atoms with Crippen molar-refractivity contribution in [2.24, 2.45) is 5.84 Å². The summed E-state index contributed by atoms with van der Waals surface area (Å²) < 4.78 is 0. The first-order valence-corrected chi connectivity index (χ1v) is 9.47. The Labute approximate surface area is 180 Å². The van der Waals surface area contributed by atoms with Gasteiger partial charge in [0, 0.05) is 23.7 Å². The Morgan fingerprint density at radius 3 is 1.81 bits per heavy atom. The van der Waals surface area contributed by atoms with E-state index in [-0.39, 0.29) is 28.5 Å². The molecule has 3 amide bonds. The van der Waals surface area contributed by atoms with Crippen molar-refractivity contribution in [2.75, 3.05) is 7.05 Å². The number of nitrogens with one attached hydrogen (secondary N) is 1. The van der Waals surface area contributed by atoms with Gasteiger partial charge in [0.15, 0.2) is 12.3 Å². The quantitative estimate of drug-likeness (QED) is 0.161. The lowest BCUT2D eigenvalue weighted by molar-refractivity contribution is -0.171. The first-order chi connectivity index (χ1) is 14.4. The molecule has 0 saturated carbocycles. The van der Waals surface area contributed by atoms with Crippen molar-refractivity contribution in [3.05, 3.63) is 59.7 Å². The number of carbonyl (C=O) groups excluding carboxylic acids is 4. The minimum atomic E-state index is -1.55. The molecule has 9 nitrogen and oxygen atoms in total. The zero-order valence-corrected chi connectivity index (χ0v) is 17.8. The van der Waals surface area contributed by atoms with Crippen molar-refractivity contribution >= 4 is 24.0 Å². The number of hydroxylamine groups is 1. The summed E-state index contributed by atoms with van der Waals surface area (Å²) in [5, 5.41) is 11.7. The molecule has 0 radical (unpaired) electrons. The monoisotopic (exact) mass is 426 g/mol. The highest BCUT2D eigenvalue weighted by molar-refractivity contribution is 6.03. The number of hydrogen-bond donors (Lipinski definition) is 3. The summed E-state index contributed by atoms with van der Waals surface area (Å²) in [6.45, 7) is 5.72. The predicted octanol–water partition coefficient (Wildman–Crippen LogP) is 1.61. The van der Waals surface area contributed by atoms with Crippen LogP contribution in [0.5, 0.6) is 0 Å². The number of nitrogens with zero attached hydrogens (tertiary/aromatic N) is 2. The second-order valence-corrected chi connectivity index (χ2v) is 8.04. The summed E-state index contributed by atoms with van der Waals surface area (Å²) in [5.41, 5.74) is 2.11. The van der Waals surface area contributed by atoms with E-state index in [4.69, 9.17) is 11.0 Å². The van der Waals surface area contributed by atoms with Gasteiger partial charge in [-0.2, -0.15) is 5.17 Å². The van der Waals surface area contributed by atoms with Crippen LogP contribution in [0, 0.1) is 0 Å². The van der Waals surface area contributed by atoms with Crippen LogP contribution in [0.2, 0.25) is 0 Å². The Hall–Kier alpha value is -3.56. The molecule has 0 aromatic heterocycles. The maximum absolute atomic E-state index is 12.6. The van der Waals surface area contributed by atoms with Gasteiger partial charge in [-0.15, -0.1) is 0 Å². The molecule has 0 saturated heterocycles. The maximum atomic E-state index is 12.6. The number of benzene rings is 2. The van der Waals surface area contributed by atoms with Gasteiger partial charge in [0.1, 0.15) is 0 Å². The lowest BCUT2D eigenvalue weighted by Gasteiger charge is -2.24. The largest absolute Gasteiger partial charge is 0.347 e. The Kier molecular flexibility index (Phi) is 7.27. The summed E-state index contributed by atoms with van der Waals surface area (Å²) in [6.07, 6.45) is 0.224. The molecule has 4 N–H and O–H groups in total. The van der Waals surface area contributed by atoms with Crippen molar-refractivity contribution in [3.8, 4) is 11.1 Å². The molecule has 0 aliphatic heterocycles. The molecule has 0 bridgehead atoms. The van der Waals surface area contributed by atoms with E-state index in [9.17, 15) is 19.2 Å². The summed E-state index contributed by atoms with van der Waals surface area (Å²) in [4.78, 5) is 48.6. The maximum Gasteiger partial charge on any atom is 0.291 e. The fraction of sp³-hybridized carbons (Fsp3) is 0.273. The summed E-state index contributed by atoms with van der Waals surface area (Å²) in [6, 6.07) is 12.0. The number of amides is 3. The molecule has 1 atom stereocenters. The van der Waals surface area contributed by atoms with Crippen LogP contribution in [-0.2, 0) is 9.59 Å². The normalized spacial score (nSPS) is 11.9. The van der Waals surface area contributed by atoms with Crippen LogP contribution in [0.25, 0.3) is 11.1 Å². The standard InChI is InChI=1S/C22H26N4O5/c1-22(2,3)24-19(28)16-9-5-14(6-10-16)15-7-11-17(12-8-15)20(29)25(4)18(13-27)21(30)26(23)31/h5-13,18,31H,23H2,1-4H3,(H,24,28). The van der Waals surface area contributed by atoms with Gasteiger partial charge >= 0.3 is 0 Å². The number of carbonyl (C=O) groups is 4. The van der Waals surface area contributed by atoms with Crippen LogP contribution < -0.4 is 11.2 Å². The van der Waals surface area contributed by atoms with Crippen LogP contribution in [0.4, 0.5) is 0 Å². The highest BCUT2D eigenvalue weighted by Gasteiger charge is 2.29. The fourth-order valence-electron chi connectivity index (χ4n) is 2.81. The second-order valence-electron chi connectivity index (χ2n) is 8.04. The topological polar surface area (TPSA) is 133 Å². The van der Waals surface area contributed by atoms with E-state index in [2.05, 4.69) is 5.32 Å². The Balaban J connectivity index is 2.16. The van der Waals surface area contributed by atoms with E-state index in [0.29, 0.717) is 5.56 Å². The number of rotatable bonds is 6. The molecule has 0 aliphatic carbocycles. The fourth-order valence-corrected chi connectivity index (χ4v) is 2.81. The molecule has 2 rings (SSSR count). The number of hydrazine groups is 1. The minimum Gasteiger partial charge on any atom is -0.347 e. The predicted molar refractivity (Wildman–Crippen MR) is 114 cm³/mol. The van der Waals surface area contributed by atoms with Gasteiger partial charge in [-0.3, -0.25) is 19.6 Å². The van der Waals surface area contributed by atoms with Crippen LogP contribution in [0.1, 0.15) is 41.5 Å². The average molecular weight is 426 g/mol. The molecule has 1 unspecified atom stereocenters. The molecule has 9 heteroatoms. The zero-order chi connectivity index (χ0) is 23.3. The summed E-state index contributed by atoms with van der Waals surface area (Å²) in [5.74, 6) is 3.07. The molecular formula is C22H26N4O5. The minimum absolute atomic E-state index is 0.166. The average Bonchev–Trinajstić information content (AvgIpc) is 2.72. The van der Waals surface area contributed by atoms with Gasteiger partial charge < -0.3 is 15.0 Å². The van der Waals surface area contributed by atoms with Gasteiger partial charge in [0.2, 0.25) is 0 Å². The van der Waals surface area contributed by atoms with E-state index in [1.165, 1.54) is 7.05 Å². The molecule has 2 aromatic rings. The summed E-state index contributed by atoms with van der Waals surface area (Å²) >= 11 is 0. The Bertz CT molecular complexity index is 963. The number of hydrogen-bond acceptors (Lipinski definition) is 6. The highest BCUT2D eigenvalue weighted by Crippen LogP contribution is 2.21.